The van der Waals surface area contributed by atoms with Gasteiger partial charge in [-0.3, -0.25) is 4.79 Å². The molecule has 3 nitrogen and oxygen atoms in total. The molecule has 0 aliphatic carbocycles. The van der Waals surface area contributed by atoms with Gasteiger partial charge in [0.15, 0.2) is 5.78 Å². The summed E-state index contributed by atoms with van der Waals surface area (Å²) < 4.78 is 0. The SMILES string of the molecule is O=C(/C=C/c1ncc[nH]1)c1ccc2ccccc2c1. The van der Waals surface area contributed by atoms with Crippen LogP contribution in [0.25, 0.3) is 16.8 Å². The van der Waals surface area contributed by atoms with Crippen molar-refractivity contribution in [2.24, 2.45) is 0 Å². The minimum absolute atomic E-state index is 0.0258. The van der Waals surface area contributed by atoms with Gasteiger partial charge in [-0.2, -0.15) is 0 Å². The van der Waals surface area contributed by atoms with E-state index in [1.165, 1.54) is 6.08 Å². The highest BCUT2D eigenvalue weighted by Crippen LogP contribution is 2.16. The van der Waals surface area contributed by atoms with E-state index in [-0.39, 0.29) is 5.78 Å². The molecule has 1 aromatic heterocycles. The molecule has 3 rings (SSSR count). The van der Waals surface area contributed by atoms with Crippen LogP contribution in [0.2, 0.25) is 0 Å². The molecule has 0 aliphatic rings. The monoisotopic (exact) mass is 248 g/mol. The van der Waals surface area contributed by atoms with E-state index in [1.807, 2.05) is 42.5 Å². The topological polar surface area (TPSA) is 45.8 Å². The summed E-state index contributed by atoms with van der Waals surface area (Å²) in [5.74, 6) is 0.649. The smallest absolute Gasteiger partial charge is 0.185 e. The lowest BCUT2D eigenvalue weighted by Crippen LogP contribution is -1.94. The highest BCUT2D eigenvalue weighted by Gasteiger charge is 2.03. The van der Waals surface area contributed by atoms with Crippen molar-refractivity contribution in [2.75, 3.05) is 0 Å². The van der Waals surface area contributed by atoms with Crippen molar-refractivity contribution in [3.8, 4) is 0 Å². The zero-order chi connectivity index (χ0) is 13.1. The number of H-pyrrole nitrogens is 1. The molecule has 19 heavy (non-hydrogen) atoms. The van der Waals surface area contributed by atoms with Crippen LogP contribution in [0.5, 0.6) is 0 Å². The van der Waals surface area contributed by atoms with E-state index in [0.717, 1.165) is 10.8 Å². The van der Waals surface area contributed by atoms with E-state index in [9.17, 15) is 4.79 Å². The molecule has 0 radical (unpaired) electrons. The molecule has 0 saturated heterocycles. The van der Waals surface area contributed by atoms with Crippen LogP contribution in [0.3, 0.4) is 0 Å². The molecule has 3 aromatic rings. The Balaban J connectivity index is 1.89. The fraction of sp³-hybridized carbons (Fsp3) is 0. The Kier molecular flexibility index (Phi) is 2.94. The number of benzene rings is 2. The fourth-order valence-corrected chi connectivity index (χ4v) is 1.96. The van der Waals surface area contributed by atoms with Gasteiger partial charge >= 0.3 is 0 Å². The number of hydrogen-bond acceptors (Lipinski definition) is 2. The molecule has 0 atom stereocenters. The van der Waals surface area contributed by atoms with Crippen molar-refractivity contribution in [3.05, 3.63) is 72.3 Å². The molecule has 1 heterocycles. The van der Waals surface area contributed by atoms with Gasteiger partial charge in [0.2, 0.25) is 0 Å². The molecule has 0 bridgehead atoms. The first-order valence-electron chi connectivity index (χ1n) is 6.03. The van der Waals surface area contributed by atoms with Gasteiger partial charge in [-0.05, 0) is 29.0 Å². The van der Waals surface area contributed by atoms with Gasteiger partial charge in [0.05, 0.1) is 0 Å². The average molecular weight is 248 g/mol. The van der Waals surface area contributed by atoms with E-state index < -0.39 is 0 Å². The number of nitrogens with zero attached hydrogens (tertiary/aromatic N) is 1. The molecule has 0 saturated carbocycles. The number of aromatic amines is 1. The minimum atomic E-state index is -0.0258. The second kappa shape index (κ2) is 4.90. The van der Waals surface area contributed by atoms with E-state index in [1.54, 1.807) is 18.5 Å². The summed E-state index contributed by atoms with van der Waals surface area (Å²) in [6.07, 6.45) is 6.58. The normalized spacial score (nSPS) is 11.2. The summed E-state index contributed by atoms with van der Waals surface area (Å²) in [6, 6.07) is 13.7. The number of allylic oxidation sites excluding steroid dienone is 1. The zero-order valence-electron chi connectivity index (χ0n) is 10.2. The third kappa shape index (κ3) is 2.45. The summed E-state index contributed by atoms with van der Waals surface area (Å²) in [5, 5.41) is 2.20. The van der Waals surface area contributed by atoms with Crippen LogP contribution in [0.1, 0.15) is 16.2 Å². The lowest BCUT2D eigenvalue weighted by atomic mass is 10.0. The number of rotatable bonds is 3. The summed E-state index contributed by atoms with van der Waals surface area (Å²) >= 11 is 0. The molecule has 0 spiro atoms. The van der Waals surface area contributed by atoms with Crippen LogP contribution >= 0.6 is 0 Å². The average Bonchev–Trinajstić information content (AvgIpc) is 2.97. The Bertz CT molecular complexity index is 742. The first kappa shape index (κ1) is 11.4. The molecule has 0 unspecified atom stereocenters. The first-order chi connectivity index (χ1) is 9.33. The maximum atomic E-state index is 12.1. The Labute approximate surface area is 110 Å². The minimum Gasteiger partial charge on any atom is -0.345 e. The van der Waals surface area contributed by atoms with Crippen molar-refractivity contribution in [3.63, 3.8) is 0 Å². The highest BCUT2D eigenvalue weighted by atomic mass is 16.1. The quantitative estimate of drug-likeness (QED) is 0.570. The van der Waals surface area contributed by atoms with E-state index in [4.69, 9.17) is 0 Å². The Hall–Kier alpha value is -2.68. The summed E-state index contributed by atoms with van der Waals surface area (Å²) in [6.45, 7) is 0. The second-order valence-corrected chi connectivity index (χ2v) is 4.23. The van der Waals surface area contributed by atoms with Crippen molar-refractivity contribution in [1.82, 2.24) is 9.97 Å². The Morgan fingerprint density at radius 3 is 2.74 bits per heavy atom. The molecule has 0 aliphatic heterocycles. The number of aromatic nitrogens is 2. The molecule has 2 aromatic carbocycles. The second-order valence-electron chi connectivity index (χ2n) is 4.23. The largest absolute Gasteiger partial charge is 0.345 e. The van der Waals surface area contributed by atoms with Gasteiger partial charge in [-0.1, -0.05) is 36.4 Å². The van der Waals surface area contributed by atoms with Crippen LogP contribution < -0.4 is 0 Å². The highest BCUT2D eigenvalue weighted by molar-refractivity contribution is 6.08. The summed E-state index contributed by atoms with van der Waals surface area (Å²) in [7, 11) is 0. The standard InChI is InChI=1S/C16H12N2O/c19-15(7-8-16-17-9-10-18-16)14-6-5-12-3-1-2-4-13(12)11-14/h1-11H,(H,17,18)/b8-7+. The Morgan fingerprint density at radius 1 is 1.11 bits per heavy atom. The van der Waals surface area contributed by atoms with Gasteiger partial charge in [0, 0.05) is 18.0 Å². The number of carbonyl (C=O) groups is 1. The molecule has 0 fully saturated rings. The van der Waals surface area contributed by atoms with Gasteiger partial charge in [-0.15, -0.1) is 0 Å². The molecular weight excluding hydrogens is 236 g/mol. The third-order valence-electron chi connectivity index (χ3n) is 2.95. The molecule has 0 amide bonds. The lowest BCUT2D eigenvalue weighted by molar-refractivity contribution is 0.104. The third-order valence-corrected chi connectivity index (χ3v) is 2.95. The number of ketones is 1. The van der Waals surface area contributed by atoms with Crippen LogP contribution in [0.15, 0.2) is 60.9 Å². The van der Waals surface area contributed by atoms with Gasteiger partial charge in [0.1, 0.15) is 5.82 Å². The molecular formula is C16H12N2O. The van der Waals surface area contributed by atoms with Gasteiger partial charge in [-0.25, -0.2) is 4.98 Å². The molecule has 92 valence electrons. The molecule has 3 heteroatoms. The summed E-state index contributed by atoms with van der Waals surface area (Å²) in [5.41, 5.74) is 0.682. The molecule has 1 N–H and O–H groups in total. The fourth-order valence-electron chi connectivity index (χ4n) is 1.96. The van der Waals surface area contributed by atoms with Crippen LogP contribution in [-0.2, 0) is 0 Å². The maximum Gasteiger partial charge on any atom is 0.185 e. The summed E-state index contributed by atoms with van der Waals surface area (Å²) in [4.78, 5) is 19.0. The number of hydrogen-bond donors (Lipinski definition) is 1. The lowest BCUT2D eigenvalue weighted by Gasteiger charge is -2.00. The number of carbonyl (C=O) groups excluding carboxylic acids is 1. The number of nitrogens with one attached hydrogen (secondary N) is 1. The number of fused-ring (bicyclic) bond motifs is 1. The van der Waals surface area contributed by atoms with E-state index in [0.29, 0.717) is 11.4 Å². The van der Waals surface area contributed by atoms with Crippen LogP contribution in [-0.4, -0.2) is 15.8 Å². The van der Waals surface area contributed by atoms with Crippen molar-refractivity contribution in [2.45, 2.75) is 0 Å². The zero-order valence-corrected chi connectivity index (χ0v) is 10.2. The van der Waals surface area contributed by atoms with Crippen molar-refractivity contribution >= 4 is 22.6 Å². The first-order valence-corrected chi connectivity index (χ1v) is 6.03. The maximum absolute atomic E-state index is 12.1. The van der Waals surface area contributed by atoms with Gasteiger partial charge in [0.25, 0.3) is 0 Å². The number of imidazole rings is 1. The van der Waals surface area contributed by atoms with Crippen molar-refractivity contribution in [1.29, 1.82) is 0 Å². The van der Waals surface area contributed by atoms with E-state index in [2.05, 4.69) is 9.97 Å². The predicted molar refractivity (Wildman–Crippen MR) is 75.9 cm³/mol. The van der Waals surface area contributed by atoms with E-state index >= 15 is 0 Å². The van der Waals surface area contributed by atoms with Gasteiger partial charge < -0.3 is 4.98 Å². The van der Waals surface area contributed by atoms with Crippen LogP contribution in [0.4, 0.5) is 0 Å². The Morgan fingerprint density at radius 2 is 1.95 bits per heavy atom. The predicted octanol–water partition coefficient (Wildman–Crippen LogP) is 3.46. The van der Waals surface area contributed by atoms with Crippen molar-refractivity contribution < 1.29 is 4.79 Å². The van der Waals surface area contributed by atoms with Crippen LogP contribution in [0, 0.1) is 0 Å².